The van der Waals surface area contributed by atoms with Crippen LogP contribution in [0.5, 0.6) is 0 Å². The number of rotatable bonds is 3. The van der Waals surface area contributed by atoms with Crippen LogP contribution < -0.4 is 5.56 Å². The van der Waals surface area contributed by atoms with Crippen molar-refractivity contribution in [1.29, 1.82) is 0 Å². The van der Waals surface area contributed by atoms with Crippen LogP contribution in [-0.4, -0.2) is 19.9 Å². The molecule has 0 spiro atoms. The van der Waals surface area contributed by atoms with Crippen LogP contribution in [0.4, 0.5) is 0 Å². The van der Waals surface area contributed by atoms with Gasteiger partial charge in [-0.1, -0.05) is 30.3 Å². The van der Waals surface area contributed by atoms with E-state index in [2.05, 4.69) is 15.2 Å². The van der Waals surface area contributed by atoms with Crippen LogP contribution in [0.2, 0.25) is 0 Å². The van der Waals surface area contributed by atoms with Crippen molar-refractivity contribution in [2.24, 2.45) is 0 Å². The Hall–Kier alpha value is -2.63. The lowest BCUT2D eigenvalue weighted by Gasteiger charge is -1.98. The van der Waals surface area contributed by atoms with Crippen LogP contribution in [0.3, 0.4) is 0 Å². The first-order valence-corrected chi connectivity index (χ1v) is 5.98. The van der Waals surface area contributed by atoms with Gasteiger partial charge in [0.2, 0.25) is 0 Å². The molecule has 19 heavy (non-hydrogen) atoms. The van der Waals surface area contributed by atoms with Crippen molar-refractivity contribution in [3.8, 4) is 17.1 Å². The zero-order chi connectivity index (χ0) is 13.2. The van der Waals surface area contributed by atoms with E-state index in [4.69, 9.17) is 4.52 Å². The SMILES string of the molecule is CCc1noc(-c2c[nH]n(-c3ccccc3)c2=O)n1. The lowest BCUT2D eigenvalue weighted by molar-refractivity contribution is 0.423. The van der Waals surface area contributed by atoms with Gasteiger partial charge >= 0.3 is 0 Å². The molecule has 0 unspecified atom stereocenters. The van der Waals surface area contributed by atoms with Gasteiger partial charge in [-0.25, -0.2) is 4.68 Å². The molecule has 1 N–H and O–H groups in total. The first-order chi connectivity index (χ1) is 9.29. The molecule has 0 aliphatic heterocycles. The Labute approximate surface area is 108 Å². The lowest BCUT2D eigenvalue weighted by Crippen LogP contribution is -2.15. The number of aryl methyl sites for hydroxylation is 1. The average molecular weight is 256 g/mol. The fourth-order valence-electron chi connectivity index (χ4n) is 1.80. The summed E-state index contributed by atoms with van der Waals surface area (Å²) in [5.74, 6) is 0.828. The van der Waals surface area contributed by atoms with E-state index in [0.717, 1.165) is 5.69 Å². The summed E-state index contributed by atoms with van der Waals surface area (Å²) in [4.78, 5) is 16.4. The van der Waals surface area contributed by atoms with Gasteiger partial charge in [0, 0.05) is 12.6 Å². The number of para-hydroxylation sites is 1. The maximum Gasteiger partial charge on any atom is 0.284 e. The highest BCUT2D eigenvalue weighted by molar-refractivity contribution is 5.51. The van der Waals surface area contributed by atoms with E-state index in [1.54, 1.807) is 6.20 Å². The summed E-state index contributed by atoms with van der Waals surface area (Å²) >= 11 is 0. The Morgan fingerprint density at radius 2 is 2.11 bits per heavy atom. The second-order valence-electron chi connectivity index (χ2n) is 4.03. The highest BCUT2D eigenvalue weighted by Gasteiger charge is 2.15. The molecule has 0 bridgehead atoms. The smallest absolute Gasteiger partial charge is 0.284 e. The van der Waals surface area contributed by atoms with Gasteiger partial charge in [0.05, 0.1) is 5.69 Å². The Morgan fingerprint density at radius 3 is 2.79 bits per heavy atom. The molecule has 1 aromatic carbocycles. The minimum absolute atomic E-state index is 0.211. The number of nitrogens with zero attached hydrogens (tertiary/aromatic N) is 3. The Bertz CT molecular complexity index is 739. The van der Waals surface area contributed by atoms with Crippen molar-refractivity contribution in [2.75, 3.05) is 0 Å². The van der Waals surface area contributed by atoms with E-state index in [-0.39, 0.29) is 11.4 Å². The molecule has 3 rings (SSSR count). The number of nitrogens with one attached hydrogen (secondary N) is 1. The summed E-state index contributed by atoms with van der Waals surface area (Å²) in [5, 5.41) is 6.68. The third kappa shape index (κ3) is 1.97. The van der Waals surface area contributed by atoms with Crippen molar-refractivity contribution in [3.63, 3.8) is 0 Å². The van der Waals surface area contributed by atoms with Crippen molar-refractivity contribution in [1.82, 2.24) is 19.9 Å². The molecule has 0 aliphatic carbocycles. The minimum Gasteiger partial charge on any atom is -0.334 e. The molecule has 0 amide bonds. The monoisotopic (exact) mass is 256 g/mol. The van der Waals surface area contributed by atoms with E-state index in [0.29, 0.717) is 17.8 Å². The van der Waals surface area contributed by atoms with E-state index in [9.17, 15) is 4.79 Å². The van der Waals surface area contributed by atoms with Crippen molar-refractivity contribution >= 4 is 0 Å². The Balaban J connectivity index is 2.06. The molecule has 2 aromatic heterocycles. The molecule has 3 aromatic rings. The summed E-state index contributed by atoms with van der Waals surface area (Å²) in [6.45, 7) is 1.92. The first-order valence-electron chi connectivity index (χ1n) is 5.98. The predicted molar refractivity (Wildman–Crippen MR) is 69.1 cm³/mol. The van der Waals surface area contributed by atoms with Gasteiger partial charge in [-0.2, -0.15) is 4.98 Å². The summed E-state index contributed by atoms with van der Waals surface area (Å²) in [6.07, 6.45) is 2.24. The fraction of sp³-hybridized carbons (Fsp3) is 0.154. The van der Waals surface area contributed by atoms with Crippen LogP contribution in [-0.2, 0) is 6.42 Å². The highest BCUT2D eigenvalue weighted by atomic mass is 16.5. The van der Waals surface area contributed by atoms with Crippen LogP contribution in [0.15, 0.2) is 45.8 Å². The van der Waals surface area contributed by atoms with E-state index < -0.39 is 0 Å². The molecule has 0 radical (unpaired) electrons. The number of hydrogen-bond donors (Lipinski definition) is 1. The third-order valence-corrected chi connectivity index (χ3v) is 2.80. The standard InChI is InChI=1S/C13H12N4O2/c1-2-11-15-12(19-16-11)10-8-14-17(13(10)18)9-6-4-3-5-7-9/h3-8,14H,2H2,1H3. The maximum atomic E-state index is 12.3. The van der Waals surface area contributed by atoms with Gasteiger partial charge < -0.3 is 4.52 Å². The van der Waals surface area contributed by atoms with E-state index >= 15 is 0 Å². The predicted octanol–water partition coefficient (Wildman–Crippen LogP) is 1.78. The summed E-state index contributed by atoms with van der Waals surface area (Å²) < 4.78 is 6.51. The topological polar surface area (TPSA) is 76.7 Å². The largest absolute Gasteiger partial charge is 0.334 e. The number of benzene rings is 1. The van der Waals surface area contributed by atoms with E-state index in [1.807, 2.05) is 37.3 Å². The first kappa shape index (κ1) is 11.5. The average Bonchev–Trinajstić information content (AvgIpc) is 3.06. The van der Waals surface area contributed by atoms with Crippen LogP contribution in [0, 0.1) is 0 Å². The van der Waals surface area contributed by atoms with Gasteiger partial charge in [0.15, 0.2) is 5.82 Å². The molecular weight excluding hydrogens is 244 g/mol. The van der Waals surface area contributed by atoms with Crippen molar-refractivity contribution in [3.05, 3.63) is 52.7 Å². The molecule has 0 atom stereocenters. The second-order valence-corrected chi connectivity index (χ2v) is 4.03. The lowest BCUT2D eigenvalue weighted by atomic mass is 10.3. The molecule has 96 valence electrons. The zero-order valence-electron chi connectivity index (χ0n) is 10.3. The molecule has 2 heterocycles. The fourth-order valence-corrected chi connectivity index (χ4v) is 1.80. The number of hydrogen-bond acceptors (Lipinski definition) is 4. The van der Waals surface area contributed by atoms with Crippen molar-refractivity contribution in [2.45, 2.75) is 13.3 Å². The quantitative estimate of drug-likeness (QED) is 0.774. The van der Waals surface area contributed by atoms with Crippen LogP contribution in [0.1, 0.15) is 12.7 Å². The Kier molecular flexibility index (Phi) is 2.75. The minimum atomic E-state index is -0.211. The molecule has 0 saturated carbocycles. The third-order valence-electron chi connectivity index (χ3n) is 2.80. The summed E-state index contributed by atoms with van der Waals surface area (Å²) in [7, 11) is 0. The highest BCUT2D eigenvalue weighted by Crippen LogP contribution is 2.13. The normalized spacial score (nSPS) is 10.8. The number of H-pyrrole nitrogens is 1. The van der Waals surface area contributed by atoms with Gasteiger partial charge in [-0.15, -0.1) is 0 Å². The number of aromatic amines is 1. The zero-order valence-corrected chi connectivity index (χ0v) is 10.3. The molecule has 0 aliphatic rings. The second kappa shape index (κ2) is 4.56. The number of aromatic nitrogens is 4. The molecule has 0 saturated heterocycles. The van der Waals surface area contributed by atoms with Gasteiger partial charge in [-0.3, -0.25) is 9.89 Å². The molecular formula is C13H12N4O2. The summed E-state index contributed by atoms with van der Waals surface area (Å²) in [5.41, 5.74) is 0.919. The Morgan fingerprint density at radius 1 is 1.32 bits per heavy atom. The maximum absolute atomic E-state index is 12.3. The van der Waals surface area contributed by atoms with Crippen molar-refractivity contribution < 1.29 is 4.52 Å². The molecule has 6 heteroatoms. The van der Waals surface area contributed by atoms with Crippen LogP contribution in [0.25, 0.3) is 17.1 Å². The van der Waals surface area contributed by atoms with Gasteiger partial charge in [0.25, 0.3) is 11.4 Å². The molecule has 0 fully saturated rings. The van der Waals surface area contributed by atoms with Gasteiger partial charge in [0.1, 0.15) is 5.56 Å². The van der Waals surface area contributed by atoms with Crippen LogP contribution >= 0.6 is 0 Å². The molecule has 6 nitrogen and oxygen atoms in total. The van der Waals surface area contributed by atoms with Gasteiger partial charge in [-0.05, 0) is 12.1 Å². The summed E-state index contributed by atoms with van der Waals surface area (Å²) in [6, 6.07) is 9.30. The van der Waals surface area contributed by atoms with E-state index in [1.165, 1.54) is 4.68 Å².